The average molecular weight is 418 g/mol. The lowest BCUT2D eigenvalue weighted by atomic mass is 10.0. The van der Waals surface area contributed by atoms with E-state index in [4.69, 9.17) is 5.73 Å². The fourth-order valence-electron chi connectivity index (χ4n) is 3.40. The van der Waals surface area contributed by atoms with Crippen LogP contribution in [0.3, 0.4) is 0 Å². The first-order valence-corrected chi connectivity index (χ1v) is 9.63. The lowest BCUT2D eigenvalue weighted by molar-refractivity contribution is -0.137. The number of hydrogen-bond acceptors (Lipinski definition) is 4. The van der Waals surface area contributed by atoms with Gasteiger partial charge >= 0.3 is 6.18 Å². The number of hydrogen-bond donors (Lipinski definition) is 3. The number of amidine groups is 1. The van der Waals surface area contributed by atoms with Crippen molar-refractivity contribution in [3.63, 3.8) is 0 Å². The van der Waals surface area contributed by atoms with Crippen LogP contribution >= 0.6 is 0 Å². The van der Waals surface area contributed by atoms with Gasteiger partial charge in [0.2, 0.25) is 0 Å². The second-order valence-electron chi connectivity index (χ2n) is 7.18. The Balaban J connectivity index is 1.80. The zero-order valence-electron chi connectivity index (χ0n) is 16.9. The van der Waals surface area contributed by atoms with Crippen molar-refractivity contribution in [1.82, 2.24) is 10.2 Å². The lowest BCUT2D eigenvalue weighted by Crippen LogP contribution is -2.42. The molecule has 0 bridgehead atoms. The minimum absolute atomic E-state index is 0.368. The maximum Gasteiger partial charge on any atom is 0.416 e. The number of rotatable bonds is 5. The molecule has 1 heterocycles. The Morgan fingerprint density at radius 3 is 2.17 bits per heavy atom. The Morgan fingerprint density at radius 2 is 1.67 bits per heavy atom. The Bertz CT molecular complexity index is 932. The van der Waals surface area contributed by atoms with Gasteiger partial charge in [-0.15, -0.1) is 0 Å². The Labute approximate surface area is 173 Å². The Morgan fingerprint density at radius 1 is 1.10 bits per heavy atom. The van der Waals surface area contributed by atoms with Crippen LogP contribution in [0.4, 0.5) is 18.9 Å². The van der Waals surface area contributed by atoms with Gasteiger partial charge in [0.25, 0.3) is 0 Å². The predicted molar refractivity (Wildman–Crippen MR) is 112 cm³/mol. The summed E-state index contributed by atoms with van der Waals surface area (Å²) in [5, 5.41) is 13.0. The number of nitrogens with zero attached hydrogens (tertiary/aromatic N) is 2. The normalized spacial score (nSPS) is 17.2. The molecule has 160 valence electrons. The molecule has 0 saturated heterocycles. The number of benzene rings is 2. The number of aliphatic hydroxyl groups is 1. The van der Waals surface area contributed by atoms with Gasteiger partial charge in [-0.2, -0.15) is 13.2 Å². The van der Waals surface area contributed by atoms with Crippen molar-refractivity contribution >= 4 is 11.5 Å². The highest BCUT2D eigenvalue weighted by molar-refractivity contribution is 5.99. The van der Waals surface area contributed by atoms with Crippen LogP contribution < -0.4 is 11.1 Å². The third-order valence-corrected chi connectivity index (χ3v) is 5.18. The minimum atomic E-state index is -4.35. The zero-order valence-corrected chi connectivity index (χ0v) is 16.9. The van der Waals surface area contributed by atoms with Crippen molar-refractivity contribution in [2.75, 3.05) is 20.1 Å². The van der Waals surface area contributed by atoms with E-state index in [0.29, 0.717) is 23.6 Å². The topological polar surface area (TPSA) is 73.9 Å². The summed E-state index contributed by atoms with van der Waals surface area (Å²) >= 11 is 0. The van der Waals surface area contributed by atoms with Gasteiger partial charge in [0.05, 0.1) is 11.3 Å². The van der Waals surface area contributed by atoms with Gasteiger partial charge in [0.15, 0.2) is 0 Å². The van der Waals surface area contributed by atoms with E-state index < -0.39 is 18.0 Å². The van der Waals surface area contributed by atoms with Crippen molar-refractivity contribution in [3.8, 4) is 11.1 Å². The number of aliphatic imine (C=N–C) groups is 1. The summed E-state index contributed by atoms with van der Waals surface area (Å²) in [6.45, 7) is 2.94. The van der Waals surface area contributed by atoms with Crippen LogP contribution in [0.2, 0.25) is 0 Å². The minimum Gasteiger partial charge on any atom is -0.391 e. The van der Waals surface area contributed by atoms with Crippen LogP contribution in [0.1, 0.15) is 18.9 Å². The molecule has 2 aromatic carbocycles. The van der Waals surface area contributed by atoms with Crippen LogP contribution in [-0.4, -0.2) is 42.2 Å². The molecule has 2 aromatic rings. The summed E-state index contributed by atoms with van der Waals surface area (Å²) in [6.07, 6.45) is -4.19. The molecule has 0 aromatic heterocycles. The summed E-state index contributed by atoms with van der Waals surface area (Å²) in [5.74, 6) is 0.368. The first-order chi connectivity index (χ1) is 14.2. The highest BCUT2D eigenvalue weighted by Gasteiger charge is 2.30. The van der Waals surface area contributed by atoms with E-state index in [-0.39, 0.29) is 0 Å². The molecule has 4 N–H and O–H groups in total. The second kappa shape index (κ2) is 8.89. The molecule has 0 spiro atoms. The molecule has 8 heteroatoms. The summed E-state index contributed by atoms with van der Waals surface area (Å²) in [6, 6.07) is 12.2. The molecule has 1 aliphatic rings. The number of nitrogens with two attached hydrogens (primary N) is 1. The number of halogens is 3. The van der Waals surface area contributed by atoms with Crippen molar-refractivity contribution in [3.05, 3.63) is 65.4 Å². The van der Waals surface area contributed by atoms with E-state index in [1.54, 1.807) is 31.2 Å². The molecule has 30 heavy (non-hydrogen) atoms. The molecule has 5 nitrogen and oxygen atoms in total. The molecule has 1 atom stereocenters. The maximum absolute atomic E-state index is 12.7. The van der Waals surface area contributed by atoms with E-state index in [2.05, 4.69) is 10.3 Å². The van der Waals surface area contributed by atoms with Gasteiger partial charge in [0.1, 0.15) is 12.1 Å². The Hall–Kier alpha value is -2.84. The summed E-state index contributed by atoms with van der Waals surface area (Å²) in [7, 11) is 1.83. The molecule has 0 amide bonds. The van der Waals surface area contributed by atoms with Crippen molar-refractivity contribution in [2.24, 2.45) is 10.7 Å². The number of aliphatic hydroxyl groups excluding tert-OH is 1. The monoisotopic (exact) mass is 418 g/mol. The van der Waals surface area contributed by atoms with Gasteiger partial charge in [-0.05, 0) is 42.3 Å². The molecule has 0 radical (unpaired) electrons. The summed E-state index contributed by atoms with van der Waals surface area (Å²) in [4.78, 5) is 6.40. The van der Waals surface area contributed by atoms with Gasteiger partial charge in [-0.3, -0.25) is 4.90 Å². The number of nitrogens with one attached hydrogen (secondary N) is 1. The Kier molecular flexibility index (Phi) is 6.48. The predicted octanol–water partition coefficient (Wildman–Crippen LogP) is 3.88. The zero-order chi connectivity index (χ0) is 21.9. The van der Waals surface area contributed by atoms with Crippen LogP contribution in [-0.2, 0) is 6.18 Å². The summed E-state index contributed by atoms with van der Waals surface area (Å²) in [5.41, 5.74) is 9.53. The molecule has 3 rings (SSSR count). The largest absolute Gasteiger partial charge is 0.416 e. The van der Waals surface area contributed by atoms with Crippen LogP contribution in [0.5, 0.6) is 0 Å². The van der Waals surface area contributed by atoms with Gasteiger partial charge in [-0.25, -0.2) is 4.99 Å². The highest BCUT2D eigenvalue weighted by Crippen LogP contribution is 2.31. The lowest BCUT2D eigenvalue weighted by Gasteiger charge is -2.32. The molecular weight excluding hydrogens is 393 g/mol. The van der Waals surface area contributed by atoms with E-state index in [9.17, 15) is 18.3 Å². The quantitative estimate of drug-likeness (QED) is 0.509. The molecule has 1 unspecified atom stereocenters. The van der Waals surface area contributed by atoms with Crippen molar-refractivity contribution in [1.29, 1.82) is 0 Å². The third-order valence-electron chi connectivity index (χ3n) is 5.18. The standard InChI is InChI=1S/C22H25F3N4O/c1-14(30)29-12-11-20(27-2)19(13-29)21(26)28-18-9-5-16(6-10-18)15-3-7-17(8-4-15)22(23,24)25/h3-10,14,27,30H,11-13H2,1-2H3,(H2,26,28). The molecule has 0 saturated carbocycles. The van der Waals surface area contributed by atoms with Crippen LogP contribution in [0, 0.1) is 0 Å². The van der Waals surface area contributed by atoms with E-state index >= 15 is 0 Å². The smallest absolute Gasteiger partial charge is 0.391 e. The van der Waals surface area contributed by atoms with Gasteiger partial charge in [-0.1, -0.05) is 24.3 Å². The maximum atomic E-state index is 12.7. The molecule has 0 aliphatic carbocycles. The molecule has 0 fully saturated rings. The first-order valence-electron chi connectivity index (χ1n) is 9.63. The molecular formula is C22H25F3N4O. The average Bonchev–Trinajstić information content (AvgIpc) is 2.73. The first kappa shape index (κ1) is 21.9. The fraction of sp³-hybridized carbons (Fsp3) is 0.318. The number of alkyl halides is 3. The fourth-order valence-corrected chi connectivity index (χ4v) is 3.40. The SMILES string of the molecule is CNC1=C(C(N)=Nc2ccc(-c3ccc(C(F)(F)F)cc3)cc2)CN(C(C)O)CC1. The second-order valence-corrected chi connectivity index (χ2v) is 7.18. The van der Waals surface area contributed by atoms with E-state index in [1.807, 2.05) is 11.9 Å². The van der Waals surface area contributed by atoms with Crippen molar-refractivity contribution < 1.29 is 18.3 Å². The van der Waals surface area contributed by atoms with Crippen LogP contribution in [0.15, 0.2) is 64.8 Å². The highest BCUT2D eigenvalue weighted by atomic mass is 19.4. The third kappa shape index (κ3) is 5.01. The molecule has 1 aliphatic heterocycles. The van der Waals surface area contributed by atoms with E-state index in [1.165, 1.54) is 12.1 Å². The van der Waals surface area contributed by atoms with Gasteiger partial charge in [0, 0.05) is 37.8 Å². The van der Waals surface area contributed by atoms with Crippen molar-refractivity contribution in [2.45, 2.75) is 25.7 Å². The van der Waals surface area contributed by atoms with Crippen LogP contribution in [0.25, 0.3) is 11.1 Å². The summed E-state index contributed by atoms with van der Waals surface area (Å²) < 4.78 is 38.2. The van der Waals surface area contributed by atoms with E-state index in [0.717, 1.165) is 41.9 Å². The van der Waals surface area contributed by atoms with Gasteiger partial charge < -0.3 is 16.2 Å².